The third-order valence-electron chi connectivity index (χ3n) is 4.05. The molecular weight excluding hydrogens is 336 g/mol. The van der Waals surface area contributed by atoms with Gasteiger partial charge in [0.1, 0.15) is 12.4 Å². The van der Waals surface area contributed by atoms with Crippen molar-refractivity contribution in [2.45, 2.75) is 40.3 Å². The molecule has 27 heavy (non-hydrogen) atoms. The van der Waals surface area contributed by atoms with Crippen LogP contribution in [0.4, 0.5) is 0 Å². The largest absolute Gasteiger partial charge is 0.489 e. The van der Waals surface area contributed by atoms with Gasteiger partial charge in [0.2, 0.25) is 0 Å². The fourth-order valence-corrected chi connectivity index (χ4v) is 2.57. The molecule has 2 aromatic rings. The molecule has 4 heteroatoms. The van der Waals surface area contributed by atoms with Gasteiger partial charge in [-0.25, -0.2) is 0 Å². The summed E-state index contributed by atoms with van der Waals surface area (Å²) >= 11 is 0. The maximum atomic E-state index is 12.3. The van der Waals surface area contributed by atoms with Crippen molar-refractivity contribution in [3.05, 3.63) is 88.6 Å². The number of carbonyl (C=O) groups excluding carboxylic acids is 1. The molecule has 2 rings (SSSR count). The fraction of sp³-hybridized carbons (Fsp3) is 0.261. The summed E-state index contributed by atoms with van der Waals surface area (Å²) in [5, 5.41) is 2.90. The molecule has 0 fully saturated rings. The molecule has 142 valence electrons. The smallest absolute Gasteiger partial charge is 0.253 e. The number of nitrogens with one attached hydrogen (secondary N) is 1. The van der Waals surface area contributed by atoms with Gasteiger partial charge in [0.25, 0.3) is 5.91 Å². The Kier molecular flexibility index (Phi) is 7.68. The predicted octanol–water partition coefficient (Wildman–Crippen LogP) is 4.39. The fourth-order valence-electron chi connectivity index (χ4n) is 2.57. The zero-order valence-electron chi connectivity index (χ0n) is 16.3. The first-order valence-corrected chi connectivity index (χ1v) is 9.18. The molecule has 0 bridgehead atoms. The van der Waals surface area contributed by atoms with Gasteiger partial charge in [0.05, 0.1) is 5.57 Å². The molecule has 0 aliphatic carbocycles. The molecule has 0 aliphatic rings. The van der Waals surface area contributed by atoms with E-state index in [1.54, 1.807) is 13.0 Å². The molecule has 0 saturated carbocycles. The van der Waals surface area contributed by atoms with Crippen molar-refractivity contribution in [1.82, 2.24) is 5.32 Å². The summed E-state index contributed by atoms with van der Waals surface area (Å²) in [7, 11) is 0. The third-order valence-corrected chi connectivity index (χ3v) is 4.05. The van der Waals surface area contributed by atoms with Crippen LogP contribution in [0.15, 0.2) is 72.0 Å². The van der Waals surface area contributed by atoms with Crippen LogP contribution in [0, 0.1) is 6.92 Å². The number of benzene rings is 2. The minimum absolute atomic E-state index is 0.167. The Morgan fingerprint density at radius 1 is 1.15 bits per heavy atom. The van der Waals surface area contributed by atoms with Gasteiger partial charge in [-0.2, -0.15) is 0 Å². The van der Waals surface area contributed by atoms with Gasteiger partial charge in [-0.1, -0.05) is 61.0 Å². The second-order valence-corrected chi connectivity index (χ2v) is 6.51. The van der Waals surface area contributed by atoms with E-state index in [1.165, 1.54) is 5.56 Å². The molecule has 0 atom stereocenters. The first kappa shape index (κ1) is 20.3. The highest BCUT2D eigenvalue weighted by atomic mass is 16.5. The van der Waals surface area contributed by atoms with Gasteiger partial charge in [0, 0.05) is 12.2 Å². The number of hydrogen-bond acceptors (Lipinski definition) is 3. The van der Waals surface area contributed by atoms with Gasteiger partial charge in [0.15, 0.2) is 0 Å². The lowest BCUT2D eigenvalue weighted by Gasteiger charge is -2.10. The minimum atomic E-state index is -0.167. The van der Waals surface area contributed by atoms with Crippen LogP contribution in [0.25, 0.3) is 0 Å². The molecule has 0 aliphatic heterocycles. The number of rotatable bonds is 8. The summed E-state index contributed by atoms with van der Waals surface area (Å²) in [6.45, 7) is 6.78. The second-order valence-electron chi connectivity index (χ2n) is 6.51. The van der Waals surface area contributed by atoms with Crippen molar-refractivity contribution in [2.75, 3.05) is 0 Å². The van der Waals surface area contributed by atoms with Crippen molar-refractivity contribution in [3.8, 4) is 5.75 Å². The maximum Gasteiger partial charge on any atom is 0.253 e. The van der Waals surface area contributed by atoms with E-state index in [-0.39, 0.29) is 5.91 Å². The summed E-state index contributed by atoms with van der Waals surface area (Å²) in [5.41, 5.74) is 10.2. The maximum absolute atomic E-state index is 12.3. The minimum Gasteiger partial charge on any atom is -0.489 e. The standard InChI is InChI=1S/C23H28N2O2/c1-4-5-9-22(18(3)24)23(26)25-15-19-10-12-21(13-11-19)27-16-20-8-6-7-17(2)14-20/h5-14H,4,15-16,24H2,1-3H3,(H,25,26)/b9-5-,22-18-. The number of nitrogens with two attached hydrogens (primary N) is 1. The third kappa shape index (κ3) is 6.66. The van der Waals surface area contributed by atoms with E-state index in [0.29, 0.717) is 24.4 Å². The van der Waals surface area contributed by atoms with Crippen LogP contribution in [-0.4, -0.2) is 5.91 Å². The molecule has 4 nitrogen and oxygen atoms in total. The Morgan fingerprint density at radius 2 is 1.89 bits per heavy atom. The first-order valence-electron chi connectivity index (χ1n) is 9.18. The molecule has 1 amide bonds. The molecule has 2 aromatic carbocycles. The highest BCUT2D eigenvalue weighted by Gasteiger charge is 2.08. The zero-order valence-corrected chi connectivity index (χ0v) is 16.3. The second kappa shape index (κ2) is 10.2. The summed E-state index contributed by atoms with van der Waals surface area (Å²) in [6, 6.07) is 16.0. The summed E-state index contributed by atoms with van der Waals surface area (Å²) in [5.74, 6) is 0.635. The molecule has 0 unspecified atom stereocenters. The number of allylic oxidation sites excluding steroid dienone is 2. The molecule has 0 heterocycles. The Labute approximate surface area is 161 Å². The van der Waals surface area contributed by atoms with E-state index >= 15 is 0 Å². The van der Waals surface area contributed by atoms with E-state index in [2.05, 4.69) is 30.4 Å². The lowest BCUT2D eigenvalue weighted by atomic mass is 10.1. The van der Waals surface area contributed by atoms with E-state index in [4.69, 9.17) is 10.5 Å². The quantitative estimate of drug-likeness (QED) is 0.539. The topological polar surface area (TPSA) is 64.3 Å². The van der Waals surface area contributed by atoms with E-state index in [0.717, 1.165) is 23.3 Å². The van der Waals surface area contributed by atoms with E-state index < -0.39 is 0 Å². The number of carbonyl (C=O) groups is 1. The normalized spacial score (nSPS) is 12.0. The number of ether oxygens (including phenoxy) is 1. The molecule has 0 radical (unpaired) electrons. The zero-order chi connectivity index (χ0) is 19.6. The van der Waals surface area contributed by atoms with Crippen LogP contribution in [0.3, 0.4) is 0 Å². The van der Waals surface area contributed by atoms with Crippen LogP contribution in [0.5, 0.6) is 5.75 Å². The Hall–Kier alpha value is -3.01. The highest BCUT2D eigenvalue weighted by Crippen LogP contribution is 2.15. The average molecular weight is 364 g/mol. The molecule has 0 aromatic heterocycles. The summed E-state index contributed by atoms with van der Waals surface area (Å²) in [4.78, 5) is 12.3. The van der Waals surface area contributed by atoms with Crippen LogP contribution in [0.2, 0.25) is 0 Å². The Morgan fingerprint density at radius 3 is 2.52 bits per heavy atom. The predicted molar refractivity (Wildman–Crippen MR) is 110 cm³/mol. The average Bonchev–Trinajstić information content (AvgIpc) is 2.65. The van der Waals surface area contributed by atoms with Gasteiger partial charge in [-0.15, -0.1) is 0 Å². The van der Waals surface area contributed by atoms with Crippen molar-refractivity contribution in [3.63, 3.8) is 0 Å². The van der Waals surface area contributed by atoms with E-state index in [1.807, 2.05) is 43.3 Å². The number of aryl methyl sites for hydroxylation is 1. The SMILES string of the molecule is CC/C=C\C(C(=O)NCc1ccc(OCc2cccc(C)c2)cc1)=C(/C)N. The van der Waals surface area contributed by atoms with Crippen LogP contribution < -0.4 is 15.8 Å². The molecule has 0 spiro atoms. The number of amides is 1. The van der Waals surface area contributed by atoms with Gasteiger partial charge in [-0.05, 0) is 43.5 Å². The van der Waals surface area contributed by atoms with Crippen molar-refractivity contribution in [1.29, 1.82) is 0 Å². The van der Waals surface area contributed by atoms with Gasteiger partial charge >= 0.3 is 0 Å². The monoisotopic (exact) mass is 364 g/mol. The lowest BCUT2D eigenvalue weighted by molar-refractivity contribution is -0.117. The van der Waals surface area contributed by atoms with Crippen molar-refractivity contribution >= 4 is 5.91 Å². The lowest BCUT2D eigenvalue weighted by Crippen LogP contribution is -2.25. The molecule has 0 saturated heterocycles. The Balaban J connectivity index is 1.89. The highest BCUT2D eigenvalue weighted by molar-refractivity contribution is 5.96. The molecular formula is C23H28N2O2. The van der Waals surface area contributed by atoms with Crippen LogP contribution in [-0.2, 0) is 17.9 Å². The van der Waals surface area contributed by atoms with Crippen molar-refractivity contribution < 1.29 is 9.53 Å². The van der Waals surface area contributed by atoms with Gasteiger partial charge < -0.3 is 15.8 Å². The Bertz CT molecular complexity index is 817. The number of hydrogen-bond donors (Lipinski definition) is 2. The van der Waals surface area contributed by atoms with Crippen LogP contribution in [0.1, 0.15) is 37.0 Å². The van der Waals surface area contributed by atoms with Gasteiger partial charge in [-0.3, -0.25) is 4.79 Å². The first-order chi connectivity index (χ1) is 13.0. The van der Waals surface area contributed by atoms with Crippen LogP contribution >= 0.6 is 0 Å². The summed E-state index contributed by atoms with van der Waals surface area (Å²) in [6.07, 6.45) is 4.55. The summed E-state index contributed by atoms with van der Waals surface area (Å²) < 4.78 is 5.82. The van der Waals surface area contributed by atoms with Crippen molar-refractivity contribution in [2.24, 2.45) is 5.73 Å². The van der Waals surface area contributed by atoms with E-state index in [9.17, 15) is 4.79 Å². The molecule has 3 N–H and O–H groups in total.